The molecule has 2 rings (SSSR count). The molecular weight excluding hydrogens is 426 g/mol. The second-order valence-corrected chi connectivity index (χ2v) is 9.49. The fraction of sp³-hybridized carbons (Fsp3) is 0.565. The summed E-state index contributed by atoms with van der Waals surface area (Å²) in [4.78, 5) is 41.6. The van der Waals surface area contributed by atoms with Crippen LogP contribution < -0.4 is 21.7 Å². The van der Waals surface area contributed by atoms with Crippen LogP contribution in [0, 0.1) is 5.92 Å². The maximum absolute atomic E-state index is 12.2. The molecule has 1 unspecified atom stereocenters. The monoisotopic (exact) mass is 461 g/mol. The van der Waals surface area contributed by atoms with Crippen LogP contribution in [0.5, 0.6) is 0 Å². The van der Waals surface area contributed by atoms with Gasteiger partial charge >= 0.3 is 6.09 Å². The summed E-state index contributed by atoms with van der Waals surface area (Å²) < 4.78 is 5.27. The predicted octanol–water partition coefficient (Wildman–Crippen LogP) is 2.75. The zero-order chi connectivity index (χ0) is 24.6. The van der Waals surface area contributed by atoms with Gasteiger partial charge in [0.05, 0.1) is 6.04 Å². The van der Waals surface area contributed by atoms with Crippen molar-refractivity contribution in [2.45, 2.75) is 71.6 Å². The third-order valence-corrected chi connectivity index (χ3v) is 4.44. The number of alkyl carbamates (subject to hydrolysis) is 1. The molecule has 33 heavy (non-hydrogen) atoms. The van der Waals surface area contributed by atoms with Crippen molar-refractivity contribution in [1.82, 2.24) is 10.6 Å². The molecule has 1 aromatic carbocycles. The van der Waals surface area contributed by atoms with Crippen molar-refractivity contribution in [1.29, 1.82) is 0 Å². The number of carbonyl (C=O) groups is 3. The van der Waals surface area contributed by atoms with Gasteiger partial charge < -0.3 is 31.3 Å². The third-order valence-electron chi connectivity index (χ3n) is 4.44. The van der Waals surface area contributed by atoms with E-state index in [1.54, 1.807) is 45.0 Å². The topological polar surface area (TPSA) is 144 Å². The molecule has 0 aliphatic heterocycles. The van der Waals surface area contributed by atoms with Crippen molar-refractivity contribution in [3.8, 4) is 0 Å². The molecule has 182 valence electrons. The summed E-state index contributed by atoms with van der Waals surface area (Å²) in [5, 5.41) is 12.0. The van der Waals surface area contributed by atoms with Gasteiger partial charge in [-0.15, -0.1) is 0 Å². The van der Waals surface area contributed by atoms with Crippen molar-refractivity contribution >= 4 is 29.4 Å². The number of benzene rings is 1. The lowest BCUT2D eigenvalue weighted by Crippen LogP contribution is -2.47. The van der Waals surface area contributed by atoms with Gasteiger partial charge in [0.15, 0.2) is 12.4 Å². The minimum atomic E-state index is -0.650. The lowest BCUT2D eigenvalue weighted by Gasteiger charge is -2.24. The fourth-order valence-corrected chi connectivity index (χ4v) is 2.84. The highest BCUT2D eigenvalue weighted by atomic mass is 16.6. The molecule has 0 heterocycles. The number of hydrogen-bond acceptors (Lipinski definition) is 6. The Morgan fingerprint density at radius 2 is 1.91 bits per heavy atom. The van der Waals surface area contributed by atoms with Crippen LogP contribution in [0.4, 0.5) is 10.5 Å². The number of carbonyl (C=O) groups excluding carboxylic acids is 3. The Bertz CT molecular complexity index is 874. The van der Waals surface area contributed by atoms with Crippen molar-refractivity contribution in [2.75, 3.05) is 11.9 Å². The summed E-state index contributed by atoms with van der Waals surface area (Å²) in [5.74, 6) is -0.393. The maximum atomic E-state index is 12.2. The Balaban J connectivity index is 1.88. The van der Waals surface area contributed by atoms with Gasteiger partial charge in [0.2, 0.25) is 0 Å². The minimum Gasteiger partial charge on any atom is -0.444 e. The summed E-state index contributed by atoms with van der Waals surface area (Å²) in [6.45, 7) is 8.85. The van der Waals surface area contributed by atoms with Crippen LogP contribution in [-0.4, -0.2) is 48.0 Å². The second-order valence-electron chi connectivity index (χ2n) is 9.49. The largest absolute Gasteiger partial charge is 0.444 e. The number of ether oxygens (including phenoxy) is 1. The Labute approximate surface area is 194 Å². The normalized spacial score (nSPS) is 14.9. The summed E-state index contributed by atoms with van der Waals surface area (Å²) in [6.07, 6.45) is 1.89. The molecule has 0 aromatic heterocycles. The number of nitrogens with zero attached hydrogens (tertiary/aromatic N) is 1. The molecule has 0 radical (unpaired) electrons. The highest BCUT2D eigenvalue weighted by Crippen LogP contribution is 2.20. The van der Waals surface area contributed by atoms with E-state index >= 15 is 0 Å². The average molecular weight is 462 g/mol. The maximum Gasteiger partial charge on any atom is 0.408 e. The van der Waals surface area contributed by atoms with E-state index in [0.717, 1.165) is 12.8 Å². The van der Waals surface area contributed by atoms with Gasteiger partial charge in [-0.05, 0) is 64.2 Å². The van der Waals surface area contributed by atoms with Crippen LogP contribution >= 0.6 is 0 Å². The van der Waals surface area contributed by atoms with Crippen LogP contribution in [0.1, 0.15) is 64.2 Å². The van der Waals surface area contributed by atoms with E-state index in [1.165, 1.54) is 0 Å². The Kier molecular flexibility index (Phi) is 9.07. The number of nitrogens with two attached hydrogens (primary N) is 1. The van der Waals surface area contributed by atoms with Gasteiger partial charge in [0.1, 0.15) is 5.60 Å². The molecule has 0 bridgehead atoms. The molecule has 10 heteroatoms. The number of amidine groups is 1. The number of nitrogens with one attached hydrogen (secondary N) is 3. The first-order chi connectivity index (χ1) is 15.4. The van der Waals surface area contributed by atoms with E-state index < -0.39 is 23.6 Å². The predicted molar refractivity (Wildman–Crippen MR) is 126 cm³/mol. The summed E-state index contributed by atoms with van der Waals surface area (Å²) in [6, 6.07) is 6.28. The lowest BCUT2D eigenvalue weighted by atomic mass is 10.0. The third kappa shape index (κ3) is 10.2. The van der Waals surface area contributed by atoms with Crippen LogP contribution in [0.2, 0.25) is 0 Å². The first-order valence-electron chi connectivity index (χ1n) is 11.1. The highest BCUT2D eigenvalue weighted by molar-refractivity contribution is 5.97. The zero-order valence-electron chi connectivity index (χ0n) is 19.9. The molecule has 1 aliphatic rings. The van der Waals surface area contributed by atoms with E-state index in [9.17, 15) is 14.4 Å². The molecule has 1 aliphatic carbocycles. The van der Waals surface area contributed by atoms with Crippen LogP contribution in [0.15, 0.2) is 29.4 Å². The van der Waals surface area contributed by atoms with Crippen molar-refractivity contribution in [3.63, 3.8) is 0 Å². The standard InChI is InChI=1S/C23H35N5O5/c1-14(2)11-18(27-22(31)33-23(3,4)5)20(24)28-32-13-19(29)25-17-8-6-7-15(12-17)21(30)26-16-9-10-16/h6-8,12,14,16,18H,9-11,13H2,1-5H3,(H2,24,28)(H,25,29)(H,26,30)(H,27,31). The lowest BCUT2D eigenvalue weighted by molar-refractivity contribution is -0.120. The van der Waals surface area contributed by atoms with E-state index in [2.05, 4.69) is 21.1 Å². The van der Waals surface area contributed by atoms with Gasteiger partial charge in [0.25, 0.3) is 11.8 Å². The first kappa shape index (κ1) is 26.0. The number of amides is 3. The summed E-state index contributed by atoms with van der Waals surface area (Å²) in [5.41, 5.74) is 6.28. The highest BCUT2D eigenvalue weighted by Gasteiger charge is 2.24. The van der Waals surface area contributed by atoms with Crippen LogP contribution in [-0.2, 0) is 14.4 Å². The smallest absolute Gasteiger partial charge is 0.408 e. The van der Waals surface area contributed by atoms with E-state index in [4.69, 9.17) is 15.3 Å². The summed E-state index contributed by atoms with van der Waals surface area (Å²) >= 11 is 0. The van der Waals surface area contributed by atoms with Gasteiger partial charge in [-0.3, -0.25) is 9.59 Å². The van der Waals surface area contributed by atoms with Crippen molar-refractivity contribution < 1.29 is 24.0 Å². The van der Waals surface area contributed by atoms with E-state index in [-0.39, 0.29) is 30.3 Å². The molecule has 3 amide bonds. The number of anilines is 1. The molecule has 1 atom stereocenters. The molecule has 5 N–H and O–H groups in total. The average Bonchev–Trinajstić information content (AvgIpc) is 3.49. The first-order valence-corrected chi connectivity index (χ1v) is 11.1. The molecule has 1 fully saturated rings. The van der Waals surface area contributed by atoms with Gasteiger partial charge in [-0.2, -0.15) is 0 Å². The van der Waals surface area contributed by atoms with Crippen molar-refractivity contribution in [2.24, 2.45) is 16.8 Å². The van der Waals surface area contributed by atoms with Crippen LogP contribution in [0.25, 0.3) is 0 Å². The van der Waals surface area contributed by atoms with Gasteiger partial charge in [-0.1, -0.05) is 25.1 Å². The number of oxime groups is 1. The SMILES string of the molecule is CC(C)CC(NC(=O)OC(C)(C)C)/C(N)=N/OCC(=O)Nc1cccc(C(=O)NC2CC2)c1. The molecule has 1 aromatic rings. The zero-order valence-corrected chi connectivity index (χ0v) is 19.9. The quantitative estimate of drug-likeness (QED) is 0.240. The number of rotatable bonds is 10. The van der Waals surface area contributed by atoms with Gasteiger partial charge in [-0.25, -0.2) is 4.79 Å². The minimum absolute atomic E-state index is 0.0288. The molecular formula is C23H35N5O5. The molecule has 0 saturated heterocycles. The van der Waals surface area contributed by atoms with E-state index in [1.807, 2.05) is 13.8 Å². The number of hydrogen-bond donors (Lipinski definition) is 4. The molecule has 1 saturated carbocycles. The van der Waals surface area contributed by atoms with Crippen molar-refractivity contribution in [3.05, 3.63) is 29.8 Å². The van der Waals surface area contributed by atoms with E-state index in [0.29, 0.717) is 17.7 Å². The Morgan fingerprint density at radius 3 is 2.52 bits per heavy atom. The van der Waals surface area contributed by atoms with Crippen LogP contribution in [0.3, 0.4) is 0 Å². The summed E-state index contributed by atoms with van der Waals surface area (Å²) in [7, 11) is 0. The fourth-order valence-electron chi connectivity index (χ4n) is 2.84. The van der Waals surface area contributed by atoms with Gasteiger partial charge in [0, 0.05) is 17.3 Å². The Morgan fingerprint density at radius 1 is 1.21 bits per heavy atom. The molecule has 0 spiro atoms. The Hall–Kier alpha value is -3.30. The molecule has 10 nitrogen and oxygen atoms in total. The second kappa shape index (κ2) is 11.5.